The van der Waals surface area contributed by atoms with Gasteiger partial charge in [0.15, 0.2) is 0 Å². The van der Waals surface area contributed by atoms with Gasteiger partial charge in [0.1, 0.15) is 23.0 Å². The fraction of sp³-hybridized carbons (Fsp3) is 0.385. The van der Waals surface area contributed by atoms with E-state index in [0.717, 1.165) is 93.9 Å². The molecular weight excluding hydrogens is 632 g/mol. The zero-order valence-corrected chi connectivity index (χ0v) is 28.6. The van der Waals surface area contributed by atoms with E-state index in [-0.39, 0.29) is 24.1 Å². The molecule has 3 aliphatic rings. The van der Waals surface area contributed by atoms with Crippen molar-refractivity contribution >= 4 is 23.2 Å². The number of fused-ring (bicyclic) bond motifs is 4. The molecule has 258 valence electrons. The quantitative estimate of drug-likeness (QED) is 0.147. The van der Waals surface area contributed by atoms with Crippen molar-refractivity contribution in [2.45, 2.75) is 82.9 Å². The van der Waals surface area contributed by atoms with Crippen molar-refractivity contribution < 1.29 is 24.2 Å². The normalized spacial score (nSPS) is 20.2. The van der Waals surface area contributed by atoms with E-state index in [1.54, 1.807) is 0 Å². The lowest BCUT2D eigenvalue weighted by atomic mass is 9.98. The molecule has 0 radical (unpaired) electrons. The maximum atomic E-state index is 12.5. The number of imidazole rings is 2. The number of carboxylic acid groups (broad SMARTS) is 1. The van der Waals surface area contributed by atoms with Gasteiger partial charge in [0.2, 0.25) is 0 Å². The van der Waals surface area contributed by atoms with E-state index in [1.165, 1.54) is 4.90 Å². The molecule has 3 atom stereocenters. The molecule has 5 aromatic rings. The van der Waals surface area contributed by atoms with Gasteiger partial charge in [-0.15, -0.1) is 0 Å². The van der Waals surface area contributed by atoms with Gasteiger partial charge in [-0.2, -0.15) is 0 Å². The van der Waals surface area contributed by atoms with Crippen LogP contribution in [0.5, 0.6) is 5.75 Å². The lowest BCUT2D eigenvalue weighted by Gasteiger charge is -2.24. The van der Waals surface area contributed by atoms with E-state index in [1.807, 2.05) is 20.8 Å². The van der Waals surface area contributed by atoms with Gasteiger partial charge in [0, 0.05) is 30.5 Å². The van der Waals surface area contributed by atoms with Crippen LogP contribution < -0.4 is 10.1 Å². The van der Waals surface area contributed by atoms with Crippen LogP contribution in [0.3, 0.4) is 0 Å². The predicted molar refractivity (Wildman–Crippen MR) is 190 cm³/mol. The van der Waals surface area contributed by atoms with Crippen LogP contribution in [-0.2, 0) is 11.2 Å². The van der Waals surface area contributed by atoms with E-state index < -0.39 is 11.7 Å². The number of amides is 2. The van der Waals surface area contributed by atoms with Crippen molar-refractivity contribution in [3.63, 3.8) is 0 Å². The Bertz CT molecular complexity index is 2080. The molecule has 4 heterocycles. The molecule has 2 aromatic heterocycles. The van der Waals surface area contributed by atoms with Gasteiger partial charge in [-0.1, -0.05) is 42.8 Å². The van der Waals surface area contributed by atoms with Crippen LogP contribution >= 0.6 is 0 Å². The van der Waals surface area contributed by atoms with Crippen molar-refractivity contribution in [3.05, 3.63) is 78.0 Å². The SMILES string of the molecule is CC(C)(C)OC(=O)N[C@H]1CCC[C@@H]1c1nc2ccc(-c3ccc(-c4ccc5c(c4)OCCc4nc(C6CCCN6C(=O)O)[nH]c4-5)cc3)cc2[nH]1. The zero-order valence-electron chi connectivity index (χ0n) is 28.6. The number of carbonyl (C=O) groups is 2. The highest BCUT2D eigenvalue weighted by Crippen LogP contribution is 2.40. The number of H-pyrrole nitrogens is 2. The summed E-state index contributed by atoms with van der Waals surface area (Å²) < 4.78 is 11.7. The Morgan fingerprint density at radius 2 is 1.64 bits per heavy atom. The van der Waals surface area contributed by atoms with Crippen LogP contribution in [0.25, 0.3) is 44.5 Å². The highest BCUT2D eigenvalue weighted by Gasteiger charge is 2.35. The number of benzene rings is 3. The minimum atomic E-state index is -0.905. The summed E-state index contributed by atoms with van der Waals surface area (Å²) in [6.07, 6.45) is 3.84. The molecule has 0 bridgehead atoms. The molecule has 1 unspecified atom stereocenters. The van der Waals surface area contributed by atoms with Crippen molar-refractivity contribution in [1.82, 2.24) is 30.2 Å². The molecule has 50 heavy (non-hydrogen) atoms. The summed E-state index contributed by atoms with van der Waals surface area (Å²) in [4.78, 5) is 42.5. The zero-order chi connectivity index (χ0) is 34.6. The predicted octanol–water partition coefficient (Wildman–Crippen LogP) is 8.20. The number of likely N-dealkylation sites (tertiary alicyclic amines) is 1. The van der Waals surface area contributed by atoms with Crippen molar-refractivity contribution in [2.75, 3.05) is 13.2 Å². The maximum absolute atomic E-state index is 12.5. The summed E-state index contributed by atoms with van der Waals surface area (Å²) in [6.45, 7) is 6.64. The van der Waals surface area contributed by atoms with Crippen LogP contribution in [0, 0.1) is 0 Å². The first-order chi connectivity index (χ1) is 24.1. The first-order valence-electron chi connectivity index (χ1n) is 17.6. The van der Waals surface area contributed by atoms with Gasteiger partial charge >= 0.3 is 12.2 Å². The molecule has 3 aromatic carbocycles. The third-order valence-corrected chi connectivity index (χ3v) is 10.1. The lowest BCUT2D eigenvalue weighted by molar-refractivity contribution is 0.0500. The number of aromatic nitrogens is 4. The Balaban J connectivity index is 0.997. The number of nitrogens with one attached hydrogen (secondary N) is 3. The smallest absolute Gasteiger partial charge is 0.407 e. The summed E-state index contributed by atoms with van der Waals surface area (Å²) in [5.74, 6) is 2.51. The van der Waals surface area contributed by atoms with E-state index in [2.05, 4.69) is 75.9 Å². The minimum Gasteiger partial charge on any atom is -0.492 e. The lowest BCUT2D eigenvalue weighted by Crippen LogP contribution is -2.40. The Kier molecular flexibility index (Phi) is 8.00. The number of aromatic amines is 2. The average Bonchev–Trinajstić information content (AvgIpc) is 3.89. The second kappa shape index (κ2) is 12.5. The number of alkyl carbamates (subject to hydrolysis) is 1. The number of rotatable bonds is 5. The summed E-state index contributed by atoms with van der Waals surface area (Å²) >= 11 is 0. The number of hydrogen-bond acceptors (Lipinski definition) is 6. The minimum absolute atomic E-state index is 0.0171. The van der Waals surface area contributed by atoms with Gasteiger partial charge < -0.3 is 29.9 Å². The number of ether oxygens (including phenoxy) is 2. The molecule has 8 rings (SSSR count). The fourth-order valence-corrected chi connectivity index (χ4v) is 7.72. The Morgan fingerprint density at radius 1 is 0.900 bits per heavy atom. The molecule has 2 aliphatic heterocycles. The maximum Gasteiger partial charge on any atom is 0.407 e. The highest BCUT2D eigenvalue weighted by molar-refractivity contribution is 5.83. The third kappa shape index (κ3) is 6.16. The Morgan fingerprint density at radius 3 is 2.40 bits per heavy atom. The Hall–Kier alpha value is -5.32. The molecule has 4 N–H and O–H groups in total. The molecule has 11 heteroatoms. The summed E-state index contributed by atoms with van der Waals surface area (Å²) in [6, 6.07) is 20.8. The van der Waals surface area contributed by atoms with E-state index in [9.17, 15) is 14.7 Å². The van der Waals surface area contributed by atoms with Crippen LogP contribution in [-0.4, -0.2) is 66.9 Å². The van der Waals surface area contributed by atoms with Crippen molar-refractivity contribution in [3.8, 4) is 39.3 Å². The van der Waals surface area contributed by atoms with Gasteiger partial charge in [-0.3, -0.25) is 4.90 Å². The molecular formula is C39H42N6O5. The first kappa shape index (κ1) is 31.9. The van der Waals surface area contributed by atoms with Gasteiger partial charge in [-0.25, -0.2) is 19.6 Å². The second-order valence-corrected chi connectivity index (χ2v) is 14.6. The van der Waals surface area contributed by atoms with Gasteiger partial charge in [0.25, 0.3) is 0 Å². The molecule has 11 nitrogen and oxygen atoms in total. The Labute approximate surface area is 290 Å². The van der Waals surface area contributed by atoms with E-state index >= 15 is 0 Å². The van der Waals surface area contributed by atoms with Crippen molar-refractivity contribution in [2.24, 2.45) is 0 Å². The number of hydrogen-bond donors (Lipinski definition) is 4. The van der Waals surface area contributed by atoms with Gasteiger partial charge in [0.05, 0.1) is 35.1 Å². The van der Waals surface area contributed by atoms with Crippen molar-refractivity contribution in [1.29, 1.82) is 0 Å². The topological polar surface area (TPSA) is 145 Å². The highest BCUT2D eigenvalue weighted by atomic mass is 16.6. The monoisotopic (exact) mass is 674 g/mol. The third-order valence-electron chi connectivity index (χ3n) is 10.1. The van der Waals surface area contributed by atoms with Crippen LogP contribution in [0.4, 0.5) is 9.59 Å². The molecule has 1 aliphatic carbocycles. The fourth-order valence-electron chi connectivity index (χ4n) is 7.72. The largest absolute Gasteiger partial charge is 0.492 e. The molecule has 2 fully saturated rings. The summed E-state index contributed by atoms with van der Waals surface area (Å²) in [5.41, 5.74) is 8.40. The molecule has 1 saturated carbocycles. The van der Waals surface area contributed by atoms with Crippen LogP contribution in [0.2, 0.25) is 0 Å². The van der Waals surface area contributed by atoms with Crippen LogP contribution in [0.1, 0.15) is 82.2 Å². The van der Waals surface area contributed by atoms with Gasteiger partial charge in [-0.05, 0) is 93.0 Å². The van der Waals surface area contributed by atoms with Crippen LogP contribution in [0.15, 0.2) is 60.7 Å². The van der Waals surface area contributed by atoms with E-state index in [0.29, 0.717) is 25.4 Å². The average molecular weight is 675 g/mol. The standard InChI is InChI=1S/C39H42N6O5/c1-39(2,3)50-37(46)43-28-7-4-6-26(28)35-40-29-16-14-24(20-31(29)42-35)22-9-11-23(12-10-22)25-13-15-27-33(21-25)49-19-17-30-34(27)44-36(41-30)32-8-5-18-45(32)38(47)48/h9-16,20-21,26,28,32H,4-8,17-19H2,1-3H3,(H,40,42)(H,41,44)(H,43,46)(H,47,48)/t26-,28-,32?/m0/s1. The second-order valence-electron chi connectivity index (χ2n) is 14.6. The molecule has 0 spiro atoms. The molecule has 1 saturated heterocycles. The summed E-state index contributed by atoms with van der Waals surface area (Å²) in [7, 11) is 0. The number of nitrogens with zero attached hydrogens (tertiary/aromatic N) is 3. The first-order valence-corrected chi connectivity index (χ1v) is 17.6. The molecule has 2 amide bonds. The number of carbonyl (C=O) groups excluding carboxylic acids is 1. The summed E-state index contributed by atoms with van der Waals surface area (Å²) in [5, 5.41) is 12.7. The van der Waals surface area contributed by atoms with E-state index in [4.69, 9.17) is 19.4 Å².